The van der Waals surface area contributed by atoms with Crippen molar-refractivity contribution in [3.8, 4) is 0 Å². The molecule has 1 aromatic heterocycles. The summed E-state index contributed by atoms with van der Waals surface area (Å²) in [6, 6.07) is 4.27. The number of carbonyl (C=O) groups is 1. The second kappa shape index (κ2) is 4.80. The maximum absolute atomic E-state index is 13.5. The van der Waals surface area contributed by atoms with Crippen LogP contribution in [0, 0.1) is 5.82 Å². The van der Waals surface area contributed by atoms with Crippen molar-refractivity contribution in [2.75, 3.05) is 0 Å². The van der Waals surface area contributed by atoms with Crippen LogP contribution in [0.3, 0.4) is 0 Å². The molecule has 0 bridgehead atoms. The van der Waals surface area contributed by atoms with Crippen molar-refractivity contribution in [3.05, 3.63) is 57.7 Å². The van der Waals surface area contributed by atoms with Gasteiger partial charge in [0, 0.05) is 0 Å². The summed E-state index contributed by atoms with van der Waals surface area (Å²) in [7, 11) is 0. The molecule has 0 aliphatic carbocycles. The Hall–Kier alpha value is -1.63. The minimum absolute atomic E-state index is 0.225. The zero-order valence-corrected chi connectivity index (χ0v) is 10.7. The number of hydrogen-bond acceptors (Lipinski definition) is 2. The molecule has 0 amide bonds. The monoisotopic (exact) mass is 336 g/mol. The summed E-state index contributed by atoms with van der Waals surface area (Å²) in [5.74, 6) is -2.23. The fourth-order valence-corrected chi connectivity index (χ4v) is 1.75. The summed E-state index contributed by atoms with van der Waals surface area (Å²) in [5.41, 5.74) is -1.78. The molecular formula is C12H5BrF4O2. The Morgan fingerprint density at radius 3 is 2.37 bits per heavy atom. The zero-order valence-electron chi connectivity index (χ0n) is 9.09. The van der Waals surface area contributed by atoms with E-state index in [1.165, 1.54) is 12.1 Å². The van der Waals surface area contributed by atoms with Crippen LogP contribution in [-0.2, 0) is 6.18 Å². The minimum Gasteiger partial charge on any atom is -0.446 e. The van der Waals surface area contributed by atoms with Gasteiger partial charge < -0.3 is 4.42 Å². The molecule has 7 heteroatoms. The highest BCUT2D eigenvalue weighted by molar-refractivity contribution is 9.10. The van der Waals surface area contributed by atoms with Crippen molar-refractivity contribution in [2.24, 2.45) is 0 Å². The largest absolute Gasteiger partial charge is 0.446 e. The standard InChI is InChI=1S/C12H5BrF4O2/c13-10-4-3-9(19-10)11(18)7-5-6(12(15,16)17)1-2-8(7)14/h1-5H. The molecular weight excluding hydrogens is 332 g/mol. The van der Waals surface area contributed by atoms with Gasteiger partial charge in [0.25, 0.3) is 0 Å². The number of furan rings is 1. The highest BCUT2D eigenvalue weighted by Crippen LogP contribution is 2.31. The number of hydrogen-bond donors (Lipinski definition) is 0. The maximum Gasteiger partial charge on any atom is 0.416 e. The molecule has 0 aliphatic heterocycles. The molecule has 100 valence electrons. The first-order chi connectivity index (χ1) is 8.79. The number of halogens is 5. The summed E-state index contributed by atoms with van der Waals surface area (Å²) in [6.07, 6.45) is -4.65. The van der Waals surface area contributed by atoms with Crippen molar-refractivity contribution < 1.29 is 26.8 Å². The van der Waals surface area contributed by atoms with Gasteiger partial charge in [-0.05, 0) is 46.3 Å². The summed E-state index contributed by atoms with van der Waals surface area (Å²) in [5, 5.41) is 0. The van der Waals surface area contributed by atoms with Crippen LogP contribution in [0.1, 0.15) is 21.7 Å². The highest BCUT2D eigenvalue weighted by Gasteiger charge is 2.32. The predicted molar refractivity (Wildman–Crippen MR) is 61.2 cm³/mol. The lowest BCUT2D eigenvalue weighted by Gasteiger charge is -2.08. The molecule has 19 heavy (non-hydrogen) atoms. The Kier molecular flexibility index (Phi) is 3.49. The molecule has 0 radical (unpaired) electrons. The molecule has 1 heterocycles. The Bertz CT molecular complexity index is 631. The van der Waals surface area contributed by atoms with E-state index in [0.717, 1.165) is 0 Å². The minimum atomic E-state index is -4.65. The normalized spacial score (nSPS) is 11.6. The predicted octanol–water partition coefficient (Wildman–Crippen LogP) is 4.43. The third-order valence-corrected chi connectivity index (χ3v) is 2.76. The average Bonchev–Trinajstić information content (AvgIpc) is 2.74. The van der Waals surface area contributed by atoms with E-state index in [-0.39, 0.29) is 10.4 Å². The quantitative estimate of drug-likeness (QED) is 0.599. The van der Waals surface area contributed by atoms with Gasteiger partial charge in [0.2, 0.25) is 5.78 Å². The van der Waals surface area contributed by atoms with Gasteiger partial charge in [-0.2, -0.15) is 13.2 Å². The van der Waals surface area contributed by atoms with Crippen LogP contribution < -0.4 is 0 Å². The average molecular weight is 337 g/mol. The lowest BCUT2D eigenvalue weighted by atomic mass is 10.0. The number of rotatable bonds is 2. The molecule has 0 saturated carbocycles. The van der Waals surface area contributed by atoms with Crippen molar-refractivity contribution in [1.82, 2.24) is 0 Å². The van der Waals surface area contributed by atoms with Gasteiger partial charge in [-0.15, -0.1) is 0 Å². The summed E-state index contributed by atoms with van der Waals surface area (Å²) >= 11 is 2.95. The zero-order chi connectivity index (χ0) is 14.2. The van der Waals surface area contributed by atoms with Gasteiger partial charge in [-0.3, -0.25) is 4.79 Å². The van der Waals surface area contributed by atoms with Crippen LogP contribution in [0.2, 0.25) is 0 Å². The fraction of sp³-hybridized carbons (Fsp3) is 0.0833. The van der Waals surface area contributed by atoms with Crippen LogP contribution >= 0.6 is 15.9 Å². The first-order valence-corrected chi connectivity index (χ1v) is 5.75. The molecule has 0 saturated heterocycles. The topological polar surface area (TPSA) is 30.2 Å². The molecule has 0 spiro atoms. The molecule has 0 unspecified atom stereocenters. The first kappa shape index (κ1) is 13.8. The smallest absolute Gasteiger partial charge is 0.416 e. The van der Waals surface area contributed by atoms with Crippen molar-refractivity contribution >= 4 is 21.7 Å². The van der Waals surface area contributed by atoms with E-state index < -0.39 is 28.9 Å². The van der Waals surface area contributed by atoms with Crippen molar-refractivity contribution in [3.63, 3.8) is 0 Å². The summed E-state index contributed by atoms with van der Waals surface area (Å²) in [6.45, 7) is 0. The second-order valence-electron chi connectivity index (χ2n) is 3.63. The summed E-state index contributed by atoms with van der Waals surface area (Å²) in [4.78, 5) is 11.8. The number of ketones is 1. The molecule has 0 fully saturated rings. The van der Waals surface area contributed by atoms with Crippen molar-refractivity contribution in [2.45, 2.75) is 6.18 Å². The number of carbonyl (C=O) groups excluding carboxylic acids is 1. The summed E-state index contributed by atoms with van der Waals surface area (Å²) < 4.78 is 56.1. The molecule has 2 aromatic rings. The van der Waals surface area contributed by atoms with Crippen LogP contribution in [0.5, 0.6) is 0 Å². The van der Waals surface area contributed by atoms with E-state index in [1.54, 1.807) is 0 Å². The number of benzene rings is 1. The molecule has 2 rings (SSSR count). The van der Waals surface area contributed by atoms with Crippen LogP contribution in [0.25, 0.3) is 0 Å². The number of alkyl halides is 3. The van der Waals surface area contributed by atoms with Gasteiger partial charge in [0.1, 0.15) is 5.82 Å². The first-order valence-electron chi connectivity index (χ1n) is 4.96. The molecule has 0 N–H and O–H groups in total. The van der Waals surface area contributed by atoms with Gasteiger partial charge in [0.05, 0.1) is 11.1 Å². The maximum atomic E-state index is 13.5. The van der Waals surface area contributed by atoms with Crippen LogP contribution in [0.15, 0.2) is 39.4 Å². The van der Waals surface area contributed by atoms with Crippen LogP contribution in [-0.4, -0.2) is 5.78 Å². The molecule has 0 atom stereocenters. The Balaban J connectivity index is 2.47. The van der Waals surface area contributed by atoms with Gasteiger partial charge in [-0.25, -0.2) is 4.39 Å². The van der Waals surface area contributed by atoms with E-state index in [0.29, 0.717) is 18.2 Å². The molecule has 2 nitrogen and oxygen atoms in total. The van der Waals surface area contributed by atoms with Crippen LogP contribution in [0.4, 0.5) is 17.6 Å². The third kappa shape index (κ3) is 2.86. The Morgan fingerprint density at radius 2 is 1.84 bits per heavy atom. The lowest BCUT2D eigenvalue weighted by molar-refractivity contribution is -0.137. The van der Waals surface area contributed by atoms with E-state index in [9.17, 15) is 22.4 Å². The van der Waals surface area contributed by atoms with E-state index >= 15 is 0 Å². The molecule has 0 aliphatic rings. The van der Waals surface area contributed by atoms with E-state index in [1.807, 2.05) is 0 Å². The van der Waals surface area contributed by atoms with Crippen molar-refractivity contribution in [1.29, 1.82) is 0 Å². The Labute approximate surface area is 113 Å². The highest BCUT2D eigenvalue weighted by atomic mass is 79.9. The fourth-order valence-electron chi connectivity index (χ4n) is 1.44. The third-order valence-electron chi connectivity index (χ3n) is 2.34. The lowest BCUT2D eigenvalue weighted by Crippen LogP contribution is -2.09. The second-order valence-corrected chi connectivity index (χ2v) is 4.41. The molecule has 1 aromatic carbocycles. The van der Waals surface area contributed by atoms with E-state index in [4.69, 9.17) is 4.42 Å². The Morgan fingerprint density at radius 1 is 1.16 bits per heavy atom. The van der Waals surface area contributed by atoms with Gasteiger partial charge in [-0.1, -0.05) is 0 Å². The van der Waals surface area contributed by atoms with Gasteiger partial charge in [0.15, 0.2) is 10.4 Å². The van der Waals surface area contributed by atoms with Gasteiger partial charge >= 0.3 is 6.18 Å². The van der Waals surface area contributed by atoms with E-state index in [2.05, 4.69) is 15.9 Å². The SMILES string of the molecule is O=C(c1ccc(Br)o1)c1cc(C(F)(F)F)ccc1F.